The Morgan fingerprint density at radius 1 is 0.848 bits per heavy atom. The molecule has 7 nitrogen and oxygen atoms in total. The van der Waals surface area contributed by atoms with Gasteiger partial charge in [0.2, 0.25) is 5.76 Å². The molecule has 1 aromatic heterocycles. The minimum Gasteiger partial charge on any atom is -0.497 e. The number of ether oxygens (including phenoxy) is 2. The van der Waals surface area contributed by atoms with Crippen LogP contribution in [0.5, 0.6) is 11.5 Å². The zero-order valence-corrected chi connectivity index (χ0v) is 17.6. The van der Waals surface area contributed by atoms with E-state index in [1.54, 1.807) is 42.5 Å². The number of carbonyl (C=O) groups excluding carboxylic acids is 2. The summed E-state index contributed by atoms with van der Waals surface area (Å²) in [5.74, 6) is -3.24. The Balaban J connectivity index is 1.72. The Morgan fingerprint density at radius 2 is 1.58 bits per heavy atom. The Kier molecular flexibility index (Phi) is 5.95. The third kappa shape index (κ3) is 4.20. The van der Waals surface area contributed by atoms with E-state index in [9.17, 15) is 18.4 Å². The molecule has 0 fully saturated rings. The van der Waals surface area contributed by atoms with Crippen LogP contribution in [0.25, 0.3) is 11.0 Å². The smallest absolute Gasteiger partial charge is 0.293 e. The molecule has 1 heterocycles. The summed E-state index contributed by atoms with van der Waals surface area (Å²) >= 11 is 0. The molecule has 0 radical (unpaired) electrons. The summed E-state index contributed by atoms with van der Waals surface area (Å²) in [6.07, 6.45) is 0. The molecule has 3 aromatic carbocycles. The summed E-state index contributed by atoms with van der Waals surface area (Å²) in [6.45, 7) is 0. The van der Waals surface area contributed by atoms with Crippen molar-refractivity contribution in [1.29, 1.82) is 0 Å². The van der Waals surface area contributed by atoms with Gasteiger partial charge >= 0.3 is 0 Å². The number of methoxy groups -OCH3 is 2. The lowest BCUT2D eigenvalue weighted by Gasteiger charge is -2.12. The SMILES string of the molecule is COc1ccc(NC(=O)c2oc3ccccc3c2NC(=O)c2c(F)cccc2F)c(OC)c1. The van der Waals surface area contributed by atoms with Crippen LogP contribution in [0, 0.1) is 11.6 Å². The molecule has 9 heteroatoms. The fourth-order valence-electron chi connectivity index (χ4n) is 3.30. The van der Waals surface area contributed by atoms with Crippen molar-refractivity contribution in [1.82, 2.24) is 0 Å². The van der Waals surface area contributed by atoms with Crippen LogP contribution in [0.1, 0.15) is 20.9 Å². The normalized spacial score (nSPS) is 10.7. The quantitative estimate of drug-likeness (QED) is 0.418. The first kappa shape index (κ1) is 21.8. The Morgan fingerprint density at radius 3 is 2.27 bits per heavy atom. The number of hydrogen-bond donors (Lipinski definition) is 2. The van der Waals surface area contributed by atoms with Gasteiger partial charge in [0.1, 0.15) is 40.0 Å². The minimum atomic E-state index is -1.06. The third-order valence-electron chi connectivity index (χ3n) is 4.89. The molecular formula is C24H18F2N2O5. The molecular weight excluding hydrogens is 434 g/mol. The van der Waals surface area contributed by atoms with Crippen LogP contribution in [0.2, 0.25) is 0 Å². The molecule has 0 spiro atoms. The predicted octanol–water partition coefficient (Wildman–Crippen LogP) is 5.23. The number of fused-ring (bicyclic) bond motifs is 1. The maximum atomic E-state index is 14.1. The first-order valence-electron chi connectivity index (χ1n) is 9.73. The number of benzene rings is 3. The number of hydrogen-bond acceptors (Lipinski definition) is 5. The molecule has 0 atom stereocenters. The van der Waals surface area contributed by atoms with Gasteiger partial charge < -0.3 is 24.5 Å². The summed E-state index contributed by atoms with van der Waals surface area (Å²) in [7, 11) is 2.93. The molecule has 0 aliphatic rings. The summed E-state index contributed by atoms with van der Waals surface area (Å²) in [5.41, 5.74) is -0.177. The van der Waals surface area contributed by atoms with Crippen molar-refractivity contribution in [3.8, 4) is 11.5 Å². The summed E-state index contributed by atoms with van der Waals surface area (Å²) in [6, 6.07) is 14.4. The number of para-hydroxylation sites is 1. The van der Waals surface area contributed by atoms with E-state index >= 15 is 0 Å². The van der Waals surface area contributed by atoms with E-state index in [-0.39, 0.29) is 11.4 Å². The highest BCUT2D eigenvalue weighted by atomic mass is 19.1. The lowest BCUT2D eigenvalue weighted by molar-refractivity contribution is 0.0999. The van der Waals surface area contributed by atoms with E-state index in [0.717, 1.165) is 18.2 Å². The van der Waals surface area contributed by atoms with Crippen LogP contribution in [0.3, 0.4) is 0 Å². The van der Waals surface area contributed by atoms with E-state index in [0.29, 0.717) is 28.2 Å². The number of carbonyl (C=O) groups is 2. The molecule has 0 unspecified atom stereocenters. The number of furan rings is 1. The highest BCUT2D eigenvalue weighted by Crippen LogP contribution is 2.34. The summed E-state index contributed by atoms with van der Waals surface area (Å²) < 4.78 is 44.3. The average molecular weight is 452 g/mol. The fraction of sp³-hybridized carbons (Fsp3) is 0.0833. The van der Waals surface area contributed by atoms with Gasteiger partial charge in [0, 0.05) is 11.5 Å². The van der Waals surface area contributed by atoms with Gasteiger partial charge in [-0.05, 0) is 36.4 Å². The third-order valence-corrected chi connectivity index (χ3v) is 4.89. The molecule has 4 rings (SSSR count). The van der Waals surface area contributed by atoms with Gasteiger partial charge in [-0.3, -0.25) is 9.59 Å². The van der Waals surface area contributed by atoms with E-state index in [1.807, 2.05) is 0 Å². The zero-order valence-electron chi connectivity index (χ0n) is 17.6. The lowest BCUT2D eigenvalue weighted by atomic mass is 10.1. The van der Waals surface area contributed by atoms with Crippen molar-refractivity contribution in [3.05, 3.63) is 83.6 Å². The van der Waals surface area contributed by atoms with Crippen molar-refractivity contribution in [3.63, 3.8) is 0 Å². The van der Waals surface area contributed by atoms with Crippen molar-refractivity contribution in [2.45, 2.75) is 0 Å². The number of amides is 2. The largest absolute Gasteiger partial charge is 0.497 e. The lowest BCUT2D eigenvalue weighted by Crippen LogP contribution is -2.19. The summed E-state index contributed by atoms with van der Waals surface area (Å²) in [5, 5.41) is 5.46. The van der Waals surface area contributed by atoms with Crippen LogP contribution >= 0.6 is 0 Å². The number of nitrogens with one attached hydrogen (secondary N) is 2. The van der Waals surface area contributed by atoms with Crippen LogP contribution in [-0.2, 0) is 0 Å². The van der Waals surface area contributed by atoms with E-state index < -0.39 is 29.0 Å². The Labute approximate surface area is 186 Å². The van der Waals surface area contributed by atoms with Crippen molar-refractivity contribution < 1.29 is 32.3 Å². The van der Waals surface area contributed by atoms with Crippen LogP contribution < -0.4 is 20.1 Å². The second-order valence-electron chi connectivity index (χ2n) is 6.87. The number of rotatable bonds is 6. The van der Waals surface area contributed by atoms with Crippen LogP contribution in [0.15, 0.2) is 65.1 Å². The highest BCUT2D eigenvalue weighted by Gasteiger charge is 2.25. The van der Waals surface area contributed by atoms with Gasteiger partial charge in [0.25, 0.3) is 11.8 Å². The fourth-order valence-corrected chi connectivity index (χ4v) is 3.30. The van der Waals surface area contributed by atoms with Crippen molar-refractivity contribution >= 4 is 34.2 Å². The molecule has 0 saturated carbocycles. The monoisotopic (exact) mass is 452 g/mol. The Bertz CT molecular complexity index is 1350. The van der Waals surface area contributed by atoms with Gasteiger partial charge in [-0.1, -0.05) is 18.2 Å². The minimum absolute atomic E-state index is 0.0248. The molecule has 2 amide bonds. The van der Waals surface area contributed by atoms with Crippen LogP contribution in [0.4, 0.5) is 20.2 Å². The van der Waals surface area contributed by atoms with Crippen molar-refractivity contribution in [2.75, 3.05) is 24.9 Å². The van der Waals surface area contributed by atoms with E-state index in [4.69, 9.17) is 13.9 Å². The standard InChI is InChI=1S/C24H18F2N2O5/c1-31-13-10-11-17(19(12-13)32-2)27-24(30)22-21(14-6-3-4-9-18(14)33-22)28-23(29)20-15(25)7-5-8-16(20)26/h3-12H,1-2H3,(H,27,30)(H,28,29). The summed E-state index contributed by atoms with van der Waals surface area (Å²) in [4.78, 5) is 25.8. The van der Waals surface area contributed by atoms with E-state index in [1.165, 1.54) is 14.2 Å². The topological polar surface area (TPSA) is 89.8 Å². The molecule has 0 saturated heterocycles. The van der Waals surface area contributed by atoms with Gasteiger partial charge in [-0.15, -0.1) is 0 Å². The first-order chi connectivity index (χ1) is 15.9. The number of halogens is 2. The molecule has 168 valence electrons. The van der Waals surface area contributed by atoms with Gasteiger partial charge in [-0.25, -0.2) is 8.78 Å². The molecule has 0 aliphatic heterocycles. The van der Waals surface area contributed by atoms with Crippen LogP contribution in [-0.4, -0.2) is 26.0 Å². The molecule has 0 bridgehead atoms. The molecule has 33 heavy (non-hydrogen) atoms. The Hall–Kier alpha value is -4.40. The molecule has 0 aliphatic carbocycles. The number of anilines is 2. The second-order valence-corrected chi connectivity index (χ2v) is 6.87. The van der Waals surface area contributed by atoms with Gasteiger partial charge in [-0.2, -0.15) is 0 Å². The predicted molar refractivity (Wildman–Crippen MR) is 118 cm³/mol. The first-order valence-corrected chi connectivity index (χ1v) is 9.73. The maximum absolute atomic E-state index is 14.1. The highest BCUT2D eigenvalue weighted by molar-refractivity contribution is 6.17. The molecule has 2 N–H and O–H groups in total. The van der Waals surface area contributed by atoms with E-state index in [2.05, 4.69) is 10.6 Å². The van der Waals surface area contributed by atoms with Gasteiger partial charge in [0.15, 0.2) is 0 Å². The molecule has 4 aromatic rings. The second kappa shape index (κ2) is 8.99. The van der Waals surface area contributed by atoms with Gasteiger partial charge in [0.05, 0.1) is 19.9 Å². The zero-order chi connectivity index (χ0) is 23.5. The maximum Gasteiger partial charge on any atom is 0.293 e. The average Bonchev–Trinajstić information content (AvgIpc) is 3.17. The van der Waals surface area contributed by atoms with Crippen molar-refractivity contribution in [2.24, 2.45) is 0 Å².